The van der Waals surface area contributed by atoms with Crippen LogP contribution >= 0.6 is 0 Å². The van der Waals surface area contributed by atoms with E-state index in [9.17, 15) is 13.2 Å². The minimum atomic E-state index is -4.53. The summed E-state index contributed by atoms with van der Waals surface area (Å²) < 4.78 is 39.1. The minimum Gasteiger partial charge on any atom is -0.306 e. The standard InChI is InChI=1S/C15H14F3N3/c16-15(17,18)12-7-9(5-6-10(12)8-19)14-11-3-1-2-4-13(11)20-21-14/h5-7,11,13,20H,1-4H2. The molecule has 1 aromatic rings. The largest absolute Gasteiger partial charge is 0.417 e. The molecule has 1 N–H and O–H groups in total. The van der Waals surface area contributed by atoms with Gasteiger partial charge in [-0.1, -0.05) is 18.9 Å². The van der Waals surface area contributed by atoms with Crippen LogP contribution in [0.2, 0.25) is 0 Å². The summed E-state index contributed by atoms with van der Waals surface area (Å²) in [6, 6.07) is 5.68. The lowest BCUT2D eigenvalue weighted by molar-refractivity contribution is -0.137. The smallest absolute Gasteiger partial charge is 0.306 e. The van der Waals surface area contributed by atoms with Crippen LogP contribution in [-0.2, 0) is 6.18 Å². The Morgan fingerprint density at radius 2 is 2.00 bits per heavy atom. The summed E-state index contributed by atoms with van der Waals surface area (Å²) in [6.07, 6.45) is -0.389. The van der Waals surface area contributed by atoms with E-state index >= 15 is 0 Å². The summed E-state index contributed by atoms with van der Waals surface area (Å²) >= 11 is 0. The SMILES string of the molecule is N#Cc1ccc(C2=NNC3CCCCC23)cc1C(F)(F)F. The van der Waals surface area contributed by atoms with E-state index in [0.717, 1.165) is 31.7 Å². The molecule has 21 heavy (non-hydrogen) atoms. The fraction of sp³-hybridized carbons (Fsp3) is 0.467. The molecule has 2 unspecified atom stereocenters. The van der Waals surface area contributed by atoms with Gasteiger partial charge >= 0.3 is 6.18 Å². The van der Waals surface area contributed by atoms with Crippen molar-refractivity contribution >= 4 is 5.71 Å². The molecule has 110 valence electrons. The lowest BCUT2D eigenvalue weighted by Gasteiger charge is -2.25. The van der Waals surface area contributed by atoms with Crippen LogP contribution in [0.5, 0.6) is 0 Å². The molecule has 0 saturated heterocycles. The highest BCUT2D eigenvalue weighted by Gasteiger charge is 2.37. The van der Waals surface area contributed by atoms with Crippen molar-refractivity contribution < 1.29 is 13.2 Å². The van der Waals surface area contributed by atoms with E-state index in [4.69, 9.17) is 5.26 Å². The van der Waals surface area contributed by atoms with Crippen LogP contribution in [0.15, 0.2) is 23.3 Å². The number of hydrazone groups is 1. The van der Waals surface area contributed by atoms with Crippen LogP contribution < -0.4 is 5.43 Å². The maximum Gasteiger partial charge on any atom is 0.417 e. The second kappa shape index (κ2) is 5.06. The van der Waals surface area contributed by atoms with Crippen molar-refractivity contribution in [3.8, 4) is 6.07 Å². The zero-order chi connectivity index (χ0) is 15.0. The topological polar surface area (TPSA) is 48.2 Å². The van der Waals surface area contributed by atoms with E-state index in [1.54, 1.807) is 12.1 Å². The summed E-state index contributed by atoms with van der Waals surface area (Å²) in [6.45, 7) is 0. The number of hydrogen-bond acceptors (Lipinski definition) is 3. The molecular weight excluding hydrogens is 279 g/mol. The number of rotatable bonds is 1. The first-order valence-electron chi connectivity index (χ1n) is 6.95. The second-order valence-corrected chi connectivity index (χ2v) is 5.49. The number of nitrogens with zero attached hydrogens (tertiary/aromatic N) is 2. The molecule has 1 saturated carbocycles. The Morgan fingerprint density at radius 3 is 2.71 bits per heavy atom. The van der Waals surface area contributed by atoms with Gasteiger partial charge in [-0.05, 0) is 30.5 Å². The molecule has 0 bridgehead atoms. The molecule has 1 aromatic carbocycles. The second-order valence-electron chi connectivity index (χ2n) is 5.49. The predicted octanol–water partition coefficient (Wildman–Crippen LogP) is 3.44. The molecule has 0 amide bonds. The van der Waals surface area contributed by atoms with Gasteiger partial charge in [0.1, 0.15) is 0 Å². The lowest BCUT2D eigenvalue weighted by Crippen LogP contribution is -2.32. The van der Waals surface area contributed by atoms with Crippen LogP contribution in [0.3, 0.4) is 0 Å². The summed E-state index contributed by atoms with van der Waals surface area (Å²) in [7, 11) is 0. The van der Waals surface area contributed by atoms with Crippen molar-refractivity contribution in [2.75, 3.05) is 0 Å². The van der Waals surface area contributed by atoms with Gasteiger partial charge in [0.05, 0.1) is 28.9 Å². The van der Waals surface area contributed by atoms with E-state index in [2.05, 4.69) is 10.5 Å². The van der Waals surface area contributed by atoms with E-state index in [1.807, 2.05) is 0 Å². The Bertz CT molecular complexity index is 628. The monoisotopic (exact) mass is 293 g/mol. The molecule has 3 rings (SSSR count). The Balaban J connectivity index is 1.99. The average molecular weight is 293 g/mol. The maximum absolute atomic E-state index is 13.0. The molecule has 1 heterocycles. The minimum absolute atomic E-state index is 0.174. The number of alkyl halides is 3. The van der Waals surface area contributed by atoms with Crippen LogP contribution in [-0.4, -0.2) is 11.8 Å². The van der Waals surface area contributed by atoms with Crippen LogP contribution in [0.4, 0.5) is 13.2 Å². The highest BCUT2D eigenvalue weighted by Crippen LogP contribution is 2.35. The molecular formula is C15H14F3N3. The van der Waals surface area contributed by atoms with Crippen LogP contribution in [0.25, 0.3) is 0 Å². The average Bonchev–Trinajstić information content (AvgIpc) is 2.89. The van der Waals surface area contributed by atoms with Gasteiger partial charge in [-0.2, -0.15) is 23.5 Å². The summed E-state index contributed by atoms with van der Waals surface area (Å²) in [5.41, 5.74) is 2.95. The first kappa shape index (κ1) is 13.9. The molecule has 1 aliphatic heterocycles. The fourth-order valence-electron chi connectivity index (χ4n) is 3.16. The van der Waals surface area contributed by atoms with Crippen LogP contribution in [0.1, 0.15) is 42.4 Å². The summed E-state index contributed by atoms with van der Waals surface area (Å²) in [5, 5.41) is 13.1. The third-order valence-corrected chi connectivity index (χ3v) is 4.21. The van der Waals surface area contributed by atoms with Crippen molar-refractivity contribution in [3.05, 3.63) is 34.9 Å². The Labute approximate surface area is 120 Å². The Hall–Kier alpha value is -2.03. The third-order valence-electron chi connectivity index (χ3n) is 4.21. The van der Waals surface area contributed by atoms with E-state index in [-0.39, 0.29) is 17.5 Å². The van der Waals surface area contributed by atoms with Crippen molar-refractivity contribution in [2.45, 2.75) is 37.9 Å². The third kappa shape index (κ3) is 2.48. The molecule has 2 aliphatic rings. The normalized spacial score (nSPS) is 24.8. The summed E-state index contributed by atoms with van der Waals surface area (Å²) in [5.74, 6) is 0.174. The zero-order valence-corrected chi connectivity index (χ0v) is 11.2. The Kier molecular flexibility index (Phi) is 3.36. The number of benzene rings is 1. The van der Waals surface area contributed by atoms with Crippen molar-refractivity contribution in [1.82, 2.24) is 5.43 Å². The van der Waals surface area contributed by atoms with Gasteiger partial charge in [0.2, 0.25) is 0 Å². The van der Waals surface area contributed by atoms with Gasteiger partial charge in [-0.15, -0.1) is 0 Å². The van der Waals surface area contributed by atoms with Gasteiger partial charge < -0.3 is 5.43 Å². The van der Waals surface area contributed by atoms with Gasteiger partial charge in [0.15, 0.2) is 0 Å². The van der Waals surface area contributed by atoms with Gasteiger partial charge in [-0.25, -0.2) is 0 Å². The first-order chi connectivity index (χ1) is 10.0. The highest BCUT2D eigenvalue weighted by molar-refractivity contribution is 6.03. The lowest BCUT2D eigenvalue weighted by atomic mass is 9.80. The predicted molar refractivity (Wildman–Crippen MR) is 71.6 cm³/mol. The van der Waals surface area contributed by atoms with E-state index < -0.39 is 11.7 Å². The van der Waals surface area contributed by atoms with Gasteiger partial charge in [-0.3, -0.25) is 0 Å². The Morgan fingerprint density at radius 1 is 1.24 bits per heavy atom. The molecule has 1 aliphatic carbocycles. The molecule has 6 heteroatoms. The maximum atomic E-state index is 13.0. The number of fused-ring (bicyclic) bond motifs is 1. The zero-order valence-electron chi connectivity index (χ0n) is 11.2. The molecule has 0 radical (unpaired) electrons. The molecule has 2 atom stereocenters. The molecule has 0 aromatic heterocycles. The highest BCUT2D eigenvalue weighted by atomic mass is 19.4. The van der Waals surface area contributed by atoms with Crippen molar-refractivity contribution in [2.24, 2.45) is 11.0 Å². The number of hydrogen-bond donors (Lipinski definition) is 1. The number of halogens is 3. The number of nitriles is 1. The molecule has 0 spiro atoms. The number of nitrogens with one attached hydrogen (secondary N) is 1. The van der Waals surface area contributed by atoms with E-state index in [0.29, 0.717) is 11.3 Å². The molecule has 3 nitrogen and oxygen atoms in total. The van der Waals surface area contributed by atoms with Crippen LogP contribution in [0, 0.1) is 17.2 Å². The fourth-order valence-corrected chi connectivity index (χ4v) is 3.16. The summed E-state index contributed by atoms with van der Waals surface area (Å²) in [4.78, 5) is 0. The van der Waals surface area contributed by atoms with Crippen molar-refractivity contribution in [1.29, 1.82) is 5.26 Å². The van der Waals surface area contributed by atoms with Gasteiger partial charge in [0.25, 0.3) is 0 Å². The first-order valence-corrected chi connectivity index (χ1v) is 6.95. The van der Waals surface area contributed by atoms with Gasteiger partial charge in [0, 0.05) is 5.92 Å². The molecule has 1 fully saturated rings. The van der Waals surface area contributed by atoms with E-state index in [1.165, 1.54) is 6.07 Å². The quantitative estimate of drug-likeness (QED) is 0.862. The van der Waals surface area contributed by atoms with Crippen molar-refractivity contribution in [3.63, 3.8) is 0 Å².